The monoisotopic (exact) mass is 466 g/mol. The standard InChI is InChI=1S/C23H19BrN2O4/c1-29-19-6-4-16-10-15(2-3-17(16)11-19)13-30-22(27)8-9-26-14-25-21-7-5-18(24)12-20(21)23(26)28/h2-7,10-12,14H,8-9,13H2,1H3. The average Bonchev–Trinajstić information content (AvgIpc) is 2.77. The number of fused-ring (bicyclic) bond motifs is 2. The molecule has 4 rings (SSSR count). The van der Waals surface area contributed by atoms with Crippen molar-refractivity contribution >= 4 is 43.6 Å². The van der Waals surface area contributed by atoms with Gasteiger partial charge in [0.2, 0.25) is 0 Å². The number of hydrogen-bond acceptors (Lipinski definition) is 5. The molecule has 0 fully saturated rings. The van der Waals surface area contributed by atoms with Crippen LogP contribution in [-0.2, 0) is 22.7 Å². The van der Waals surface area contributed by atoms with Crippen molar-refractivity contribution in [2.24, 2.45) is 0 Å². The lowest BCUT2D eigenvalue weighted by Crippen LogP contribution is -2.22. The highest BCUT2D eigenvalue weighted by atomic mass is 79.9. The number of rotatable bonds is 6. The summed E-state index contributed by atoms with van der Waals surface area (Å²) in [5, 5.41) is 2.61. The van der Waals surface area contributed by atoms with E-state index in [-0.39, 0.29) is 31.1 Å². The largest absolute Gasteiger partial charge is 0.497 e. The van der Waals surface area contributed by atoms with E-state index in [0.29, 0.717) is 10.9 Å². The molecule has 0 spiro atoms. The zero-order valence-electron chi connectivity index (χ0n) is 16.3. The van der Waals surface area contributed by atoms with Crippen molar-refractivity contribution in [3.63, 3.8) is 0 Å². The molecular formula is C23H19BrN2O4. The van der Waals surface area contributed by atoms with Crippen LogP contribution in [0.15, 0.2) is 70.2 Å². The molecule has 7 heteroatoms. The van der Waals surface area contributed by atoms with Gasteiger partial charge in [-0.05, 0) is 52.7 Å². The number of aryl methyl sites for hydroxylation is 1. The summed E-state index contributed by atoms with van der Waals surface area (Å²) in [5.74, 6) is 0.429. The van der Waals surface area contributed by atoms with Gasteiger partial charge in [-0.3, -0.25) is 14.2 Å². The van der Waals surface area contributed by atoms with Crippen molar-refractivity contribution in [2.75, 3.05) is 7.11 Å². The zero-order valence-corrected chi connectivity index (χ0v) is 17.9. The maximum absolute atomic E-state index is 12.6. The van der Waals surface area contributed by atoms with Crippen molar-refractivity contribution in [1.82, 2.24) is 9.55 Å². The number of benzene rings is 3. The molecule has 0 saturated carbocycles. The number of aromatic nitrogens is 2. The second-order valence-corrected chi connectivity index (χ2v) is 7.78. The van der Waals surface area contributed by atoms with Crippen molar-refractivity contribution in [2.45, 2.75) is 19.6 Å². The van der Waals surface area contributed by atoms with Gasteiger partial charge in [0.15, 0.2) is 0 Å². The van der Waals surface area contributed by atoms with E-state index in [1.54, 1.807) is 19.2 Å². The van der Waals surface area contributed by atoms with E-state index in [9.17, 15) is 9.59 Å². The Labute approximate surface area is 181 Å². The molecule has 0 aliphatic rings. The quantitative estimate of drug-likeness (QED) is 0.392. The number of hydrogen-bond donors (Lipinski definition) is 0. The number of methoxy groups -OCH3 is 1. The molecule has 0 N–H and O–H groups in total. The van der Waals surface area contributed by atoms with E-state index in [1.165, 1.54) is 10.9 Å². The van der Waals surface area contributed by atoms with Crippen molar-refractivity contribution in [3.8, 4) is 5.75 Å². The van der Waals surface area contributed by atoms with Gasteiger partial charge in [-0.25, -0.2) is 4.98 Å². The molecular weight excluding hydrogens is 448 g/mol. The van der Waals surface area contributed by atoms with Crippen LogP contribution in [-0.4, -0.2) is 22.6 Å². The van der Waals surface area contributed by atoms with Gasteiger partial charge in [0.25, 0.3) is 5.56 Å². The van der Waals surface area contributed by atoms with Gasteiger partial charge in [0.05, 0.1) is 30.8 Å². The first-order valence-corrected chi connectivity index (χ1v) is 10.2. The van der Waals surface area contributed by atoms with E-state index in [4.69, 9.17) is 9.47 Å². The predicted octanol–water partition coefficient (Wildman–Crippen LogP) is 4.45. The first-order valence-electron chi connectivity index (χ1n) is 9.40. The molecule has 0 bridgehead atoms. The molecule has 0 aliphatic heterocycles. The Morgan fingerprint density at radius 1 is 1.07 bits per heavy atom. The number of ether oxygens (including phenoxy) is 2. The molecule has 1 heterocycles. The first-order chi connectivity index (χ1) is 14.5. The Morgan fingerprint density at radius 2 is 1.87 bits per heavy atom. The second kappa shape index (κ2) is 8.67. The number of carbonyl (C=O) groups is 1. The Kier molecular flexibility index (Phi) is 5.81. The summed E-state index contributed by atoms with van der Waals surface area (Å²) in [6.07, 6.45) is 1.55. The molecule has 30 heavy (non-hydrogen) atoms. The summed E-state index contributed by atoms with van der Waals surface area (Å²) in [6.45, 7) is 0.392. The van der Waals surface area contributed by atoms with Gasteiger partial charge in [0.1, 0.15) is 12.4 Å². The summed E-state index contributed by atoms with van der Waals surface area (Å²) in [6, 6.07) is 17.0. The van der Waals surface area contributed by atoms with E-state index in [1.807, 2.05) is 42.5 Å². The SMILES string of the molecule is COc1ccc2cc(COC(=O)CCn3cnc4ccc(Br)cc4c3=O)ccc2c1. The third-order valence-corrected chi connectivity index (χ3v) is 5.35. The molecule has 1 aromatic heterocycles. The van der Waals surface area contributed by atoms with Gasteiger partial charge >= 0.3 is 5.97 Å². The van der Waals surface area contributed by atoms with Gasteiger partial charge in [-0.15, -0.1) is 0 Å². The van der Waals surface area contributed by atoms with Crippen LogP contribution in [0.5, 0.6) is 5.75 Å². The maximum Gasteiger partial charge on any atom is 0.307 e. The summed E-state index contributed by atoms with van der Waals surface area (Å²) in [5.41, 5.74) is 1.34. The van der Waals surface area contributed by atoms with Crippen LogP contribution in [0.25, 0.3) is 21.7 Å². The predicted molar refractivity (Wildman–Crippen MR) is 119 cm³/mol. The van der Waals surface area contributed by atoms with Crippen molar-refractivity contribution in [1.29, 1.82) is 0 Å². The lowest BCUT2D eigenvalue weighted by Gasteiger charge is -2.09. The fourth-order valence-corrected chi connectivity index (χ4v) is 3.59. The smallest absolute Gasteiger partial charge is 0.307 e. The number of halogens is 1. The Hall–Kier alpha value is -3.19. The maximum atomic E-state index is 12.6. The molecule has 0 saturated heterocycles. The normalized spacial score (nSPS) is 11.0. The third kappa shape index (κ3) is 4.36. The number of nitrogens with zero attached hydrogens (tertiary/aromatic N) is 2. The molecule has 0 radical (unpaired) electrons. The molecule has 3 aromatic carbocycles. The highest BCUT2D eigenvalue weighted by Gasteiger charge is 2.09. The summed E-state index contributed by atoms with van der Waals surface area (Å²) >= 11 is 3.36. The van der Waals surface area contributed by atoms with Crippen LogP contribution in [0.1, 0.15) is 12.0 Å². The number of esters is 1. The van der Waals surface area contributed by atoms with Gasteiger partial charge in [-0.1, -0.05) is 34.1 Å². The summed E-state index contributed by atoms with van der Waals surface area (Å²) < 4.78 is 12.9. The second-order valence-electron chi connectivity index (χ2n) is 6.86. The molecule has 0 amide bonds. The fraction of sp³-hybridized carbons (Fsp3) is 0.174. The van der Waals surface area contributed by atoms with E-state index in [0.717, 1.165) is 26.6 Å². The summed E-state index contributed by atoms with van der Waals surface area (Å²) in [7, 11) is 1.63. The zero-order chi connectivity index (χ0) is 21.1. The first kappa shape index (κ1) is 20.1. The van der Waals surface area contributed by atoms with Crippen LogP contribution in [0.4, 0.5) is 0 Å². The molecule has 0 aliphatic carbocycles. The average molecular weight is 467 g/mol. The van der Waals surface area contributed by atoms with Crippen molar-refractivity contribution < 1.29 is 14.3 Å². The molecule has 0 atom stereocenters. The third-order valence-electron chi connectivity index (χ3n) is 4.85. The minimum Gasteiger partial charge on any atom is -0.497 e. The van der Waals surface area contributed by atoms with E-state index in [2.05, 4.69) is 20.9 Å². The highest BCUT2D eigenvalue weighted by molar-refractivity contribution is 9.10. The lowest BCUT2D eigenvalue weighted by molar-refractivity contribution is -0.145. The van der Waals surface area contributed by atoms with Crippen molar-refractivity contribution in [3.05, 3.63) is 81.3 Å². The van der Waals surface area contributed by atoms with Gasteiger partial charge in [0, 0.05) is 11.0 Å². The van der Waals surface area contributed by atoms with E-state index >= 15 is 0 Å². The minimum absolute atomic E-state index is 0.0892. The summed E-state index contributed by atoms with van der Waals surface area (Å²) in [4.78, 5) is 29.0. The molecule has 4 aromatic rings. The van der Waals surface area contributed by atoms with Gasteiger partial charge < -0.3 is 9.47 Å². The molecule has 0 unspecified atom stereocenters. The van der Waals surface area contributed by atoms with Crippen LogP contribution >= 0.6 is 15.9 Å². The van der Waals surface area contributed by atoms with Crippen LogP contribution in [0.3, 0.4) is 0 Å². The molecule has 6 nitrogen and oxygen atoms in total. The van der Waals surface area contributed by atoms with Crippen LogP contribution < -0.4 is 10.3 Å². The Bertz CT molecular complexity index is 1300. The molecule has 152 valence electrons. The lowest BCUT2D eigenvalue weighted by atomic mass is 10.1. The fourth-order valence-electron chi connectivity index (χ4n) is 3.23. The van der Waals surface area contributed by atoms with Gasteiger partial charge in [-0.2, -0.15) is 0 Å². The highest BCUT2D eigenvalue weighted by Crippen LogP contribution is 2.22. The topological polar surface area (TPSA) is 70.4 Å². The number of carbonyl (C=O) groups excluding carboxylic acids is 1. The Balaban J connectivity index is 1.38. The van der Waals surface area contributed by atoms with E-state index < -0.39 is 0 Å². The minimum atomic E-state index is -0.369. The van der Waals surface area contributed by atoms with Crippen LogP contribution in [0, 0.1) is 0 Å². The Morgan fingerprint density at radius 3 is 2.70 bits per heavy atom. The van der Waals surface area contributed by atoms with Crippen LogP contribution in [0.2, 0.25) is 0 Å².